The highest BCUT2D eigenvalue weighted by Crippen LogP contribution is 2.35. The van der Waals surface area contributed by atoms with Gasteiger partial charge in [-0.05, 0) is 47.0 Å². The van der Waals surface area contributed by atoms with Crippen LogP contribution in [0, 0.1) is 0 Å². The lowest BCUT2D eigenvalue weighted by Crippen LogP contribution is -2.45. The molecule has 0 aromatic heterocycles. The Kier molecular flexibility index (Phi) is 7.82. The molecule has 1 saturated heterocycles. The predicted octanol–water partition coefficient (Wildman–Crippen LogP) is 5.93. The summed E-state index contributed by atoms with van der Waals surface area (Å²) < 4.78 is 7.07. The first-order valence-electron chi connectivity index (χ1n) is 10.4. The summed E-state index contributed by atoms with van der Waals surface area (Å²) in [5.74, 6) is -0.778. The monoisotopic (exact) mass is 553 g/mol. The number of hydrogen-bond acceptors (Lipinski definition) is 5. The molecule has 1 heterocycles. The van der Waals surface area contributed by atoms with E-state index < -0.39 is 17.9 Å². The van der Waals surface area contributed by atoms with Crippen molar-refractivity contribution < 1.29 is 19.4 Å². The molecule has 5 nitrogen and oxygen atoms in total. The number of benzene rings is 3. The lowest BCUT2D eigenvalue weighted by Gasteiger charge is -2.23. The van der Waals surface area contributed by atoms with Gasteiger partial charge in [0.2, 0.25) is 0 Å². The average molecular weight is 554 g/mol. The third-order valence-electron chi connectivity index (χ3n) is 5.16. The summed E-state index contributed by atoms with van der Waals surface area (Å²) in [5.41, 5.74) is 2.67. The average Bonchev–Trinajstić information content (AvgIpc) is 3.10. The molecule has 0 aliphatic carbocycles. The second kappa shape index (κ2) is 11.0. The molecule has 3 aromatic rings. The van der Waals surface area contributed by atoms with Crippen molar-refractivity contribution in [2.45, 2.75) is 19.1 Å². The summed E-state index contributed by atoms with van der Waals surface area (Å²) in [4.78, 5) is 26.6. The van der Waals surface area contributed by atoms with Crippen molar-refractivity contribution in [2.24, 2.45) is 0 Å². The first-order valence-corrected chi connectivity index (χ1v) is 12.4. The fourth-order valence-electron chi connectivity index (χ4n) is 3.48. The Morgan fingerprint density at radius 2 is 1.76 bits per heavy atom. The van der Waals surface area contributed by atoms with Gasteiger partial charge in [-0.2, -0.15) is 0 Å². The van der Waals surface area contributed by atoms with E-state index in [2.05, 4.69) is 15.9 Å². The van der Waals surface area contributed by atoms with Gasteiger partial charge in [0, 0.05) is 10.9 Å². The number of rotatable bonds is 8. The Bertz CT molecular complexity index is 1250. The van der Waals surface area contributed by atoms with Crippen LogP contribution in [0.2, 0.25) is 0 Å². The molecular weight excluding hydrogens is 534 g/mol. The van der Waals surface area contributed by atoms with Crippen LogP contribution in [-0.4, -0.2) is 32.2 Å². The molecule has 34 heavy (non-hydrogen) atoms. The molecule has 1 atom stereocenters. The minimum Gasteiger partial charge on any atom is -0.489 e. The van der Waals surface area contributed by atoms with Crippen LogP contribution < -0.4 is 4.74 Å². The highest BCUT2D eigenvalue weighted by Gasteiger charge is 2.40. The number of thioether (sulfide) groups is 1. The molecule has 0 radical (unpaired) electrons. The van der Waals surface area contributed by atoms with Crippen molar-refractivity contribution in [3.05, 3.63) is 105 Å². The van der Waals surface area contributed by atoms with Crippen LogP contribution in [0.5, 0.6) is 5.75 Å². The number of carbonyl (C=O) groups is 2. The van der Waals surface area contributed by atoms with Crippen molar-refractivity contribution in [1.29, 1.82) is 0 Å². The largest absolute Gasteiger partial charge is 0.489 e. The van der Waals surface area contributed by atoms with Crippen LogP contribution in [-0.2, 0) is 22.6 Å². The number of halogens is 1. The third kappa shape index (κ3) is 5.94. The number of carboxylic acid groups (broad SMARTS) is 1. The second-order valence-electron chi connectivity index (χ2n) is 7.58. The van der Waals surface area contributed by atoms with Crippen molar-refractivity contribution in [3.8, 4) is 5.75 Å². The van der Waals surface area contributed by atoms with E-state index in [1.165, 1.54) is 4.90 Å². The van der Waals surface area contributed by atoms with E-state index >= 15 is 0 Å². The summed E-state index contributed by atoms with van der Waals surface area (Å²) in [5, 5.41) is 9.79. The SMILES string of the molecule is O=C(O)[C@H](Cc1ccccc1)N1C(=O)/C(=C/c2ccc(OCc3cccc(Br)c3)cc2)SC1=S. The number of ether oxygens (including phenoxy) is 1. The minimum atomic E-state index is -1.09. The maximum absolute atomic E-state index is 13.1. The van der Waals surface area contributed by atoms with E-state index in [1.807, 2.05) is 78.9 Å². The number of thiocarbonyl (C=S) groups is 1. The molecule has 0 spiro atoms. The van der Waals surface area contributed by atoms with Gasteiger partial charge in [0.25, 0.3) is 5.91 Å². The Morgan fingerprint density at radius 3 is 2.44 bits per heavy atom. The number of carboxylic acids is 1. The highest BCUT2D eigenvalue weighted by molar-refractivity contribution is 9.10. The Hall–Kier alpha value is -2.94. The Morgan fingerprint density at radius 1 is 1.06 bits per heavy atom. The topological polar surface area (TPSA) is 66.8 Å². The van der Waals surface area contributed by atoms with Gasteiger partial charge in [-0.25, -0.2) is 4.79 Å². The van der Waals surface area contributed by atoms with Crippen LogP contribution in [0.1, 0.15) is 16.7 Å². The molecule has 3 aromatic carbocycles. The maximum Gasteiger partial charge on any atom is 0.327 e. The molecule has 1 fully saturated rings. The number of aliphatic carboxylic acids is 1. The number of carbonyl (C=O) groups excluding carboxylic acids is 1. The quantitative estimate of drug-likeness (QED) is 0.275. The Balaban J connectivity index is 1.45. The van der Waals surface area contributed by atoms with E-state index in [0.29, 0.717) is 17.3 Å². The van der Waals surface area contributed by atoms with E-state index in [1.54, 1.807) is 6.08 Å². The summed E-state index contributed by atoms with van der Waals surface area (Å²) in [6.45, 7) is 0.440. The fraction of sp³-hybridized carbons (Fsp3) is 0.115. The number of hydrogen-bond donors (Lipinski definition) is 1. The maximum atomic E-state index is 13.1. The van der Waals surface area contributed by atoms with Gasteiger partial charge in [-0.1, -0.05) is 94.5 Å². The number of amides is 1. The zero-order valence-electron chi connectivity index (χ0n) is 17.9. The molecule has 8 heteroatoms. The molecule has 0 saturated carbocycles. The van der Waals surface area contributed by atoms with Crippen molar-refractivity contribution in [1.82, 2.24) is 4.90 Å². The number of nitrogens with zero attached hydrogens (tertiary/aromatic N) is 1. The van der Waals surface area contributed by atoms with Crippen molar-refractivity contribution in [3.63, 3.8) is 0 Å². The van der Waals surface area contributed by atoms with Gasteiger partial charge >= 0.3 is 5.97 Å². The first kappa shape index (κ1) is 24.2. The van der Waals surface area contributed by atoms with Gasteiger partial charge in [0.05, 0.1) is 4.91 Å². The van der Waals surface area contributed by atoms with E-state index in [4.69, 9.17) is 17.0 Å². The van der Waals surface area contributed by atoms with Crippen LogP contribution in [0.3, 0.4) is 0 Å². The molecule has 1 amide bonds. The smallest absolute Gasteiger partial charge is 0.327 e. The lowest BCUT2D eigenvalue weighted by molar-refractivity contribution is -0.145. The summed E-state index contributed by atoms with van der Waals surface area (Å²) in [7, 11) is 0. The zero-order chi connectivity index (χ0) is 24.1. The fourth-order valence-corrected chi connectivity index (χ4v) is 5.28. The zero-order valence-corrected chi connectivity index (χ0v) is 21.1. The molecule has 172 valence electrons. The molecule has 4 rings (SSSR count). The van der Waals surface area contributed by atoms with E-state index in [0.717, 1.165) is 32.9 Å². The van der Waals surface area contributed by atoms with Gasteiger partial charge < -0.3 is 9.84 Å². The van der Waals surface area contributed by atoms with E-state index in [9.17, 15) is 14.7 Å². The van der Waals surface area contributed by atoms with Gasteiger partial charge in [-0.3, -0.25) is 9.69 Å². The van der Waals surface area contributed by atoms with Crippen LogP contribution in [0.4, 0.5) is 0 Å². The Labute approximate surface area is 215 Å². The summed E-state index contributed by atoms with van der Waals surface area (Å²) >= 11 is 9.94. The highest BCUT2D eigenvalue weighted by atomic mass is 79.9. The van der Waals surface area contributed by atoms with Gasteiger partial charge in [0.15, 0.2) is 0 Å². The lowest BCUT2D eigenvalue weighted by atomic mass is 10.0. The van der Waals surface area contributed by atoms with Crippen molar-refractivity contribution >= 4 is 62.2 Å². The molecule has 1 aliphatic heterocycles. The van der Waals surface area contributed by atoms with Gasteiger partial charge in [-0.15, -0.1) is 0 Å². The van der Waals surface area contributed by atoms with Crippen molar-refractivity contribution in [2.75, 3.05) is 0 Å². The standard InChI is InChI=1S/C26H20BrNO4S2/c27-20-8-4-7-19(13-20)16-32-21-11-9-18(10-12-21)15-23-24(29)28(26(33)34-23)22(25(30)31)14-17-5-2-1-3-6-17/h1-13,15,22H,14,16H2,(H,30,31)/b23-15-/t22-/m0/s1. The van der Waals surface area contributed by atoms with Crippen LogP contribution >= 0.6 is 39.9 Å². The molecule has 0 unspecified atom stereocenters. The third-order valence-corrected chi connectivity index (χ3v) is 6.99. The summed E-state index contributed by atoms with van der Waals surface area (Å²) in [6, 6.07) is 23.4. The van der Waals surface area contributed by atoms with Crippen LogP contribution in [0.25, 0.3) is 6.08 Å². The molecule has 1 aliphatic rings. The predicted molar refractivity (Wildman–Crippen MR) is 141 cm³/mol. The molecule has 1 N–H and O–H groups in total. The first-order chi connectivity index (χ1) is 16.4. The second-order valence-corrected chi connectivity index (χ2v) is 10.2. The normalized spacial score (nSPS) is 15.6. The van der Waals surface area contributed by atoms with E-state index in [-0.39, 0.29) is 10.7 Å². The summed E-state index contributed by atoms with van der Waals surface area (Å²) in [6.07, 6.45) is 1.90. The molecular formula is C26H20BrNO4S2. The van der Waals surface area contributed by atoms with Gasteiger partial charge in [0.1, 0.15) is 22.7 Å². The molecule has 0 bridgehead atoms. The minimum absolute atomic E-state index is 0.180. The van der Waals surface area contributed by atoms with Crippen LogP contribution in [0.15, 0.2) is 88.2 Å².